The highest BCUT2D eigenvalue weighted by Gasteiger charge is 2.17. The molecule has 28 heavy (non-hydrogen) atoms. The zero-order chi connectivity index (χ0) is 20.4. The van der Waals surface area contributed by atoms with Gasteiger partial charge in [0.1, 0.15) is 18.6 Å². The molecule has 0 N–H and O–H groups in total. The molecule has 0 spiro atoms. The first-order valence-electron chi connectivity index (χ1n) is 9.90. The predicted octanol–water partition coefficient (Wildman–Crippen LogP) is 5.09. The number of carbonyl (C=O) groups is 2. The molecular formula is C24H30O4. The summed E-state index contributed by atoms with van der Waals surface area (Å²) in [5.74, 6) is 0.774. The van der Waals surface area contributed by atoms with Gasteiger partial charge in [0, 0.05) is 6.42 Å². The van der Waals surface area contributed by atoms with Crippen LogP contribution in [0.1, 0.15) is 56.2 Å². The summed E-state index contributed by atoms with van der Waals surface area (Å²) in [6.07, 6.45) is 3.11. The summed E-state index contributed by atoms with van der Waals surface area (Å²) in [4.78, 5) is 22.8. The molecule has 0 aliphatic rings. The number of hydrogen-bond acceptors (Lipinski definition) is 4. The van der Waals surface area contributed by atoms with Crippen LogP contribution >= 0.6 is 0 Å². The molecule has 0 radical (unpaired) electrons. The molecule has 1 atom stereocenters. The number of unbranched alkanes of at least 4 members (excludes halogenated alkanes) is 1. The number of benzene rings is 2. The van der Waals surface area contributed by atoms with Crippen molar-refractivity contribution in [3.63, 3.8) is 0 Å². The third kappa shape index (κ3) is 7.18. The Bertz CT molecular complexity index is 749. The SMILES string of the molecule is CC(C)Cc1ccc(C(C)C(=O)OCc2cccc(OCCCC=O)c2)cc1. The number of aldehydes is 1. The Hall–Kier alpha value is -2.62. The first kappa shape index (κ1) is 21.7. The van der Waals surface area contributed by atoms with Crippen molar-refractivity contribution in [1.82, 2.24) is 0 Å². The lowest BCUT2D eigenvalue weighted by atomic mass is 9.97. The first-order valence-corrected chi connectivity index (χ1v) is 9.90. The predicted molar refractivity (Wildman–Crippen MR) is 110 cm³/mol. The van der Waals surface area contributed by atoms with Crippen molar-refractivity contribution >= 4 is 12.3 Å². The van der Waals surface area contributed by atoms with Gasteiger partial charge in [-0.1, -0.05) is 50.2 Å². The van der Waals surface area contributed by atoms with Gasteiger partial charge in [-0.15, -0.1) is 0 Å². The molecule has 0 heterocycles. The van der Waals surface area contributed by atoms with Crippen molar-refractivity contribution < 1.29 is 19.1 Å². The minimum absolute atomic E-state index is 0.208. The van der Waals surface area contributed by atoms with Gasteiger partial charge in [0.15, 0.2) is 0 Å². The Kier molecular flexibility index (Phi) is 8.73. The van der Waals surface area contributed by atoms with Crippen LogP contribution in [0.4, 0.5) is 0 Å². The summed E-state index contributed by atoms with van der Waals surface area (Å²) >= 11 is 0. The highest BCUT2D eigenvalue weighted by Crippen LogP contribution is 2.20. The summed E-state index contributed by atoms with van der Waals surface area (Å²) in [6.45, 7) is 6.95. The molecule has 0 saturated heterocycles. The lowest BCUT2D eigenvalue weighted by molar-refractivity contribution is -0.146. The van der Waals surface area contributed by atoms with E-state index in [-0.39, 0.29) is 18.5 Å². The molecule has 0 amide bonds. The number of carbonyl (C=O) groups excluding carboxylic acids is 2. The fraction of sp³-hybridized carbons (Fsp3) is 0.417. The van der Waals surface area contributed by atoms with Crippen LogP contribution in [0.5, 0.6) is 5.75 Å². The summed E-state index contributed by atoms with van der Waals surface area (Å²) in [7, 11) is 0. The van der Waals surface area contributed by atoms with Gasteiger partial charge in [0.05, 0.1) is 12.5 Å². The van der Waals surface area contributed by atoms with E-state index in [0.29, 0.717) is 31.1 Å². The quantitative estimate of drug-likeness (QED) is 0.309. The third-order valence-electron chi connectivity index (χ3n) is 4.49. The van der Waals surface area contributed by atoms with Crippen LogP contribution in [0.25, 0.3) is 0 Å². The molecule has 4 heteroatoms. The molecule has 0 aromatic heterocycles. The van der Waals surface area contributed by atoms with Gasteiger partial charge in [0.2, 0.25) is 0 Å². The normalized spacial score (nSPS) is 11.9. The van der Waals surface area contributed by atoms with E-state index in [9.17, 15) is 9.59 Å². The van der Waals surface area contributed by atoms with Gasteiger partial charge in [-0.05, 0) is 54.5 Å². The van der Waals surface area contributed by atoms with Crippen molar-refractivity contribution in [2.45, 2.75) is 52.6 Å². The minimum atomic E-state index is -0.309. The molecule has 0 fully saturated rings. The summed E-state index contributed by atoms with van der Waals surface area (Å²) < 4.78 is 11.1. The minimum Gasteiger partial charge on any atom is -0.494 e. The molecule has 1 unspecified atom stereocenters. The fourth-order valence-electron chi connectivity index (χ4n) is 2.91. The van der Waals surface area contributed by atoms with E-state index in [0.717, 1.165) is 23.8 Å². The van der Waals surface area contributed by atoms with Crippen LogP contribution in [0, 0.1) is 5.92 Å². The van der Waals surface area contributed by atoms with Crippen molar-refractivity contribution in [2.75, 3.05) is 6.61 Å². The Morgan fingerprint density at radius 1 is 1.04 bits per heavy atom. The van der Waals surface area contributed by atoms with Crippen LogP contribution in [-0.4, -0.2) is 18.9 Å². The standard InChI is InChI=1S/C24H30O4/c1-18(2)15-20-9-11-22(12-10-20)19(3)24(26)28-17-21-7-6-8-23(16-21)27-14-5-4-13-25/h6-13,16,18-19H,4-5,14-15,17H2,1-3H3. The number of rotatable bonds is 11. The smallest absolute Gasteiger partial charge is 0.313 e. The topological polar surface area (TPSA) is 52.6 Å². The molecule has 0 aliphatic heterocycles. The van der Waals surface area contributed by atoms with Gasteiger partial charge < -0.3 is 14.3 Å². The molecule has 0 aliphatic carbocycles. The molecular weight excluding hydrogens is 352 g/mol. The monoisotopic (exact) mass is 382 g/mol. The van der Waals surface area contributed by atoms with Gasteiger partial charge >= 0.3 is 5.97 Å². The molecule has 150 valence electrons. The molecule has 2 aromatic carbocycles. The van der Waals surface area contributed by atoms with Crippen LogP contribution < -0.4 is 4.74 Å². The van der Waals surface area contributed by atoms with Crippen molar-refractivity contribution in [3.8, 4) is 5.75 Å². The third-order valence-corrected chi connectivity index (χ3v) is 4.49. The Morgan fingerprint density at radius 2 is 1.79 bits per heavy atom. The van der Waals surface area contributed by atoms with E-state index in [4.69, 9.17) is 9.47 Å². The largest absolute Gasteiger partial charge is 0.494 e. The summed E-state index contributed by atoms with van der Waals surface area (Å²) in [5, 5.41) is 0. The molecule has 2 rings (SSSR count). The number of esters is 1. The zero-order valence-electron chi connectivity index (χ0n) is 17.0. The molecule has 2 aromatic rings. The Labute approximate surface area is 167 Å². The lowest BCUT2D eigenvalue weighted by Crippen LogP contribution is -2.13. The first-order chi connectivity index (χ1) is 13.5. The lowest BCUT2D eigenvalue weighted by Gasteiger charge is -2.13. The maximum atomic E-state index is 12.4. The second-order valence-corrected chi connectivity index (χ2v) is 7.47. The van der Waals surface area contributed by atoms with E-state index in [2.05, 4.69) is 26.0 Å². The van der Waals surface area contributed by atoms with E-state index >= 15 is 0 Å². The van der Waals surface area contributed by atoms with Crippen molar-refractivity contribution in [3.05, 3.63) is 65.2 Å². The second kappa shape index (κ2) is 11.3. The average Bonchev–Trinajstić information content (AvgIpc) is 2.69. The van der Waals surface area contributed by atoms with E-state index in [1.807, 2.05) is 43.3 Å². The van der Waals surface area contributed by atoms with Crippen molar-refractivity contribution in [2.24, 2.45) is 5.92 Å². The van der Waals surface area contributed by atoms with Crippen LogP contribution in [0.15, 0.2) is 48.5 Å². The van der Waals surface area contributed by atoms with Crippen LogP contribution in [-0.2, 0) is 27.4 Å². The molecule has 0 saturated carbocycles. The van der Waals surface area contributed by atoms with Crippen LogP contribution in [0.3, 0.4) is 0 Å². The van der Waals surface area contributed by atoms with Crippen LogP contribution in [0.2, 0.25) is 0 Å². The average molecular weight is 383 g/mol. The fourth-order valence-corrected chi connectivity index (χ4v) is 2.91. The summed E-state index contributed by atoms with van der Waals surface area (Å²) in [6, 6.07) is 15.7. The molecule has 0 bridgehead atoms. The van der Waals surface area contributed by atoms with Crippen molar-refractivity contribution in [1.29, 1.82) is 0 Å². The highest BCUT2D eigenvalue weighted by molar-refractivity contribution is 5.77. The number of ether oxygens (including phenoxy) is 2. The van der Waals surface area contributed by atoms with Gasteiger partial charge in [0.25, 0.3) is 0 Å². The van der Waals surface area contributed by atoms with Gasteiger partial charge in [-0.2, -0.15) is 0 Å². The Morgan fingerprint density at radius 3 is 2.46 bits per heavy atom. The second-order valence-electron chi connectivity index (χ2n) is 7.47. The number of hydrogen-bond donors (Lipinski definition) is 0. The summed E-state index contributed by atoms with van der Waals surface area (Å²) in [5.41, 5.74) is 3.12. The van der Waals surface area contributed by atoms with E-state index < -0.39 is 0 Å². The van der Waals surface area contributed by atoms with E-state index in [1.165, 1.54) is 5.56 Å². The highest BCUT2D eigenvalue weighted by atomic mass is 16.5. The maximum absolute atomic E-state index is 12.4. The van der Waals surface area contributed by atoms with Gasteiger partial charge in [-0.25, -0.2) is 0 Å². The van der Waals surface area contributed by atoms with Gasteiger partial charge in [-0.3, -0.25) is 4.79 Å². The maximum Gasteiger partial charge on any atom is 0.313 e. The molecule has 4 nitrogen and oxygen atoms in total. The zero-order valence-corrected chi connectivity index (χ0v) is 17.0. The Balaban J connectivity index is 1.86. The van der Waals surface area contributed by atoms with E-state index in [1.54, 1.807) is 0 Å².